The Labute approximate surface area is 335 Å². The topological polar surface area (TPSA) is 43.6 Å². The number of aromatic nitrogens is 4. The Morgan fingerprint density at radius 3 is 1.53 bits per heavy atom. The number of hydrogen-bond donors (Lipinski definition) is 0. The zero-order valence-corrected chi connectivity index (χ0v) is 31.4. The lowest BCUT2D eigenvalue weighted by molar-refractivity contribution is 0.728. The van der Waals surface area contributed by atoms with Crippen LogP contribution in [0.15, 0.2) is 206 Å². The van der Waals surface area contributed by atoms with E-state index in [0.717, 1.165) is 27.5 Å². The third kappa shape index (κ3) is 4.79. The van der Waals surface area contributed by atoms with Crippen molar-refractivity contribution in [2.75, 3.05) is 0 Å². The molecule has 1 atom stereocenters. The Balaban J connectivity index is 1.08. The van der Waals surface area contributed by atoms with Crippen molar-refractivity contribution >= 4 is 43.4 Å². The maximum atomic E-state index is 5.18. The van der Waals surface area contributed by atoms with E-state index in [1.54, 1.807) is 0 Å². The molecule has 0 N–H and O–H groups in total. The molecule has 0 radical (unpaired) electrons. The first-order valence-corrected chi connectivity index (χ1v) is 19.8. The zero-order chi connectivity index (χ0) is 38.2. The molecule has 0 saturated carbocycles. The summed E-state index contributed by atoms with van der Waals surface area (Å²) in [5, 5.41) is 7.16. The van der Waals surface area contributed by atoms with Crippen LogP contribution in [0.1, 0.15) is 22.3 Å². The Morgan fingerprint density at radius 1 is 0.345 bits per heavy atom. The molecule has 2 aromatic heterocycles. The number of hydrogen-bond acceptors (Lipinski definition) is 3. The predicted octanol–water partition coefficient (Wildman–Crippen LogP) is 13.0. The smallest absolute Gasteiger partial charge is 0.164 e. The van der Waals surface area contributed by atoms with Gasteiger partial charge in [0.1, 0.15) is 0 Å². The van der Waals surface area contributed by atoms with Crippen molar-refractivity contribution in [3.63, 3.8) is 0 Å². The van der Waals surface area contributed by atoms with Crippen LogP contribution in [0.2, 0.25) is 0 Å². The highest BCUT2D eigenvalue weighted by molar-refractivity contribution is 6.12. The van der Waals surface area contributed by atoms with Crippen molar-refractivity contribution in [3.8, 4) is 39.9 Å². The van der Waals surface area contributed by atoms with Crippen LogP contribution in [0.4, 0.5) is 0 Å². The summed E-state index contributed by atoms with van der Waals surface area (Å²) in [6, 6.07) is 74.1. The van der Waals surface area contributed by atoms with Crippen LogP contribution >= 0.6 is 0 Å². The van der Waals surface area contributed by atoms with E-state index in [9.17, 15) is 0 Å². The molecule has 1 unspecified atom stereocenters. The van der Waals surface area contributed by atoms with Crippen LogP contribution in [-0.4, -0.2) is 19.5 Å². The lowest BCUT2D eigenvalue weighted by Gasteiger charge is -2.41. The number of nitrogens with zero attached hydrogens (tertiary/aromatic N) is 4. The normalized spacial score (nSPS) is 14.6. The fourth-order valence-electron chi connectivity index (χ4n) is 9.47. The molecule has 12 rings (SSSR count). The Kier molecular flexibility index (Phi) is 7.11. The molecule has 270 valence electrons. The molecule has 1 aliphatic rings. The summed E-state index contributed by atoms with van der Waals surface area (Å²) >= 11 is 0. The molecule has 0 amide bonds. The Hall–Kier alpha value is -7.69. The summed E-state index contributed by atoms with van der Waals surface area (Å²) in [6.45, 7) is 0. The average molecular weight is 739 g/mol. The quantitative estimate of drug-likeness (QED) is 0.177. The van der Waals surface area contributed by atoms with Crippen LogP contribution in [0.25, 0.3) is 83.2 Å². The zero-order valence-electron chi connectivity index (χ0n) is 31.4. The fraction of sp³-hybridized carbons (Fsp3) is 0.0185. The number of fused-ring (bicyclic) bond motifs is 7. The summed E-state index contributed by atoms with van der Waals surface area (Å²) in [7, 11) is 0. The molecule has 1 aliphatic heterocycles. The molecular weight excluding hydrogens is 705 g/mol. The van der Waals surface area contributed by atoms with Gasteiger partial charge in [-0.15, -0.1) is 0 Å². The molecule has 0 saturated heterocycles. The van der Waals surface area contributed by atoms with Crippen LogP contribution < -0.4 is 0 Å². The molecule has 0 aliphatic carbocycles. The van der Waals surface area contributed by atoms with Gasteiger partial charge in [0.2, 0.25) is 0 Å². The van der Waals surface area contributed by atoms with Gasteiger partial charge in [-0.1, -0.05) is 182 Å². The van der Waals surface area contributed by atoms with Crippen LogP contribution in [0, 0.1) is 0 Å². The van der Waals surface area contributed by atoms with Crippen molar-refractivity contribution in [1.82, 2.24) is 19.5 Å². The standard InChI is InChI=1S/C54H34N4/c1-2-17-42(18-3-1)54(46-21-9-11-24-49(46)58-48-23-10-8-19-44(48)45-20-12-22-47(54)50(45)58)43-31-29-37(30-32-43)51-55-52(40-27-25-35-13-4-6-15-38(35)33-40)57-53(56-51)41-28-26-36-14-5-7-16-39(36)34-41/h1-34H. The molecule has 0 fully saturated rings. The van der Waals surface area contributed by atoms with Gasteiger partial charge < -0.3 is 4.57 Å². The first-order chi connectivity index (χ1) is 28.7. The van der Waals surface area contributed by atoms with E-state index in [1.165, 1.54) is 60.5 Å². The molecule has 0 bridgehead atoms. The summed E-state index contributed by atoms with van der Waals surface area (Å²) in [4.78, 5) is 15.5. The van der Waals surface area contributed by atoms with E-state index >= 15 is 0 Å². The maximum Gasteiger partial charge on any atom is 0.164 e. The second-order valence-corrected chi connectivity index (χ2v) is 15.2. The maximum absolute atomic E-state index is 5.18. The van der Waals surface area contributed by atoms with E-state index in [0.29, 0.717) is 17.5 Å². The van der Waals surface area contributed by atoms with Gasteiger partial charge in [-0.25, -0.2) is 15.0 Å². The van der Waals surface area contributed by atoms with Crippen LogP contribution in [-0.2, 0) is 5.41 Å². The molecular formula is C54H34N4. The lowest BCUT2D eigenvalue weighted by Crippen LogP contribution is -2.35. The fourth-order valence-corrected chi connectivity index (χ4v) is 9.47. The Bertz CT molecular complexity index is 3300. The summed E-state index contributed by atoms with van der Waals surface area (Å²) in [5.41, 5.74) is 10.8. The molecule has 4 heteroatoms. The first-order valence-electron chi connectivity index (χ1n) is 19.8. The lowest BCUT2D eigenvalue weighted by atomic mass is 9.63. The minimum atomic E-state index is -0.591. The second kappa shape index (κ2) is 12.7. The summed E-state index contributed by atoms with van der Waals surface area (Å²) < 4.78 is 2.47. The molecule has 4 nitrogen and oxygen atoms in total. The van der Waals surface area contributed by atoms with Gasteiger partial charge in [0.05, 0.1) is 22.1 Å². The average Bonchev–Trinajstić information content (AvgIpc) is 3.64. The minimum Gasteiger partial charge on any atom is -0.309 e. The predicted molar refractivity (Wildman–Crippen MR) is 237 cm³/mol. The van der Waals surface area contributed by atoms with Gasteiger partial charge in [0.15, 0.2) is 17.5 Å². The monoisotopic (exact) mass is 738 g/mol. The minimum absolute atomic E-state index is 0.591. The highest BCUT2D eigenvalue weighted by Gasteiger charge is 2.45. The van der Waals surface area contributed by atoms with Crippen LogP contribution in [0.5, 0.6) is 0 Å². The van der Waals surface area contributed by atoms with Gasteiger partial charge in [-0.2, -0.15) is 0 Å². The summed E-state index contributed by atoms with van der Waals surface area (Å²) in [5.74, 6) is 1.92. The SMILES string of the molecule is c1ccc(C2(c3ccc(-c4nc(-c5ccc6ccccc6c5)nc(-c5ccc6ccccc6c5)n4)cc3)c3ccccc3-n3c4ccccc4c4cccc2c43)cc1. The molecule has 3 heterocycles. The third-order valence-electron chi connectivity index (χ3n) is 12.1. The highest BCUT2D eigenvalue weighted by Crippen LogP contribution is 2.54. The highest BCUT2D eigenvalue weighted by atomic mass is 15.0. The van der Waals surface area contributed by atoms with Crippen molar-refractivity contribution in [2.24, 2.45) is 0 Å². The van der Waals surface area contributed by atoms with Crippen molar-refractivity contribution < 1.29 is 0 Å². The summed E-state index contributed by atoms with van der Waals surface area (Å²) in [6.07, 6.45) is 0. The van der Waals surface area contributed by atoms with Crippen molar-refractivity contribution in [3.05, 3.63) is 229 Å². The number of benzene rings is 9. The largest absolute Gasteiger partial charge is 0.309 e. The van der Waals surface area contributed by atoms with E-state index in [1.807, 2.05) is 0 Å². The van der Waals surface area contributed by atoms with Gasteiger partial charge in [-0.05, 0) is 68.1 Å². The van der Waals surface area contributed by atoms with Gasteiger partial charge >= 0.3 is 0 Å². The van der Waals surface area contributed by atoms with Crippen LogP contribution in [0.3, 0.4) is 0 Å². The van der Waals surface area contributed by atoms with Crippen molar-refractivity contribution in [2.45, 2.75) is 5.41 Å². The number of para-hydroxylation sites is 3. The van der Waals surface area contributed by atoms with Gasteiger partial charge in [0, 0.05) is 27.5 Å². The molecule has 58 heavy (non-hydrogen) atoms. The first kappa shape index (κ1) is 32.5. The van der Waals surface area contributed by atoms with Gasteiger partial charge in [-0.3, -0.25) is 0 Å². The molecule has 0 spiro atoms. The van der Waals surface area contributed by atoms with E-state index in [-0.39, 0.29) is 0 Å². The number of rotatable bonds is 5. The molecule has 9 aromatic carbocycles. The van der Waals surface area contributed by atoms with Crippen molar-refractivity contribution in [1.29, 1.82) is 0 Å². The Morgan fingerprint density at radius 2 is 0.845 bits per heavy atom. The van der Waals surface area contributed by atoms with E-state index in [4.69, 9.17) is 15.0 Å². The van der Waals surface area contributed by atoms with Gasteiger partial charge in [0.25, 0.3) is 0 Å². The second-order valence-electron chi connectivity index (χ2n) is 15.2. The third-order valence-corrected chi connectivity index (χ3v) is 12.1. The van der Waals surface area contributed by atoms with E-state index in [2.05, 4.69) is 211 Å². The van der Waals surface area contributed by atoms with E-state index < -0.39 is 5.41 Å². The molecule has 11 aromatic rings.